The minimum absolute atomic E-state index is 0.886. The lowest BCUT2D eigenvalue weighted by Gasteiger charge is -2.35. The van der Waals surface area contributed by atoms with Crippen LogP contribution in [-0.2, 0) is 0 Å². The molecule has 70 heavy (non-hydrogen) atoms. The first-order chi connectivity index (χ1) is 34.7. The summed E-state index contributed by atoms with van der Waals surface area (Å²) < 4.78 is 11.6. The predicted octanol–water partition coefficient (Wildman–Crippen LogP) is 14.5. The van der Waals surface area contributed by atoms with Crippen LogP contribution in [0.15, 0.2) is 271 Å². The van der Waals surface area contributed by atoms with E-state index in [0.29, 0.717) is 0 Å². The third-order valence-corrected chi connectivity index (χ3v) is 19.4. The summed E-state index contributed by atoms with van der Waals surface area (Å²) in [6, 6.07) is 98.4. The minimum Gasteiger partial charge on any atom is -0.454 e. The molecule has 0 bridgehead atoms. The average molecular weight is 909 g/mol. The average Bonchev–Trinajstić information content (AvgIpc) is 4.10. The van der Waals surface area contributed by atoms with E-state index < -0.39 is 8.07 Å². The third kappa shape index (κ3) is 6.07. The molecule has 0 aliphatic rings. The Morgan fingerprint density at radius 1 is 0.300 bits per heavy atom. The standard InChI is InChI=1S/C66H44N2OSi/c1-4-20-45(21-5-1)46-22-16-28-51(42-46)70(49-24-6-2-7-25-49,50-26-8-3-9-27-50)52-29-17-23-48(44-52)67-60-36-13-11-31-55(60)59-43-47(40-41-62(59)67)53-33-18-34-57-54-30-10-14-37-61(54)68(65(53)57)63-38-19-35-58-56-32-12-15-39-64(56)69-66(58)63/h1-44H. The zero-order chi connectivity index (χ0) is 46.2. The number of furan rings is 1. The van der Waals surface area contributed by atoms with Crippen molar-refractivity contribution in [1.82, 2.24) is 9.13 Å². The summed E-state index contributed by atoms with van der Waals surface area (Å²) >= 11 is 0. The molecule has 0 unspecified atom stereocenters. The molecular weight excluding hydrogens is 865 g/mol. The molecule has 0 saturated heterocycles. The van der Waals surface area contributed by atoms with Crippen molar-refractivity contribution in [2.45, 2.75) is 0 Å². The van der Waals surface area contributed by atoms with Crippen molar-refractivity contribution in [1.29, 1.82) is 0 Å². The highest BCUT2D eigenvalue weighted by atomic mass is 28.3. The van der Waals surface area contributed by atoms with Crippen LogP contribution >= 0.6 is 0 Å². The maximum absolute atomic E-state index is 6.71. The van der Waals surface area contributed by atoms with Crippen molar-refractivity contribution in [3.8, 4) is 33.6 Å². The van der Waals surface area contributed by atoms with Gasteiger partial charge in [0.25, 0.3) is 0 Å². The number of fused-ring (bicyclic) bond motifs is 9. The molecular formula is C66H44N2OSi. The van der Waals surface area contributed by atoms with Crippen LogP contribution < -0.4 is 20.7 Å². The van der Waals surface area contributed by atoms with Crippen LogP contribution in [0.1, 0.15) is 0 Å². The SMILES string of the molecule is c1ccc(-c2cccc([Si](c3ccccc3)(c3ccccc3)c3cccc(-n4c5ccccc5c5cc(-c6cccc7c8ccccc8n(-c8cccc9c8oc8ccccc89)c67)ccc54)c3)c2)cc1. The van der Waals surface area contributed by atoms with Gasteiger partial charge in [-0.3, -0.25) is 0 Å². The van der Waals surface area contributed by atoms with Gasteiger partial charge in [-0.15, -0.1) is 0 Å². The first-order valence-corrected chi connectivity index (χ1v) is 26.1. The lowest BCUT2D eigenvalue weighted by Crippen LogP contribution is -2.74. The van der Waals surface area contributed by atoms with Gasteiger partial charge in [0.1, 0.15) is 5.58 Å². The van der Waals surface area contributed by atoms with Crippen LogP contribution in [-0.4, -0.2) is 17.2 Å². The monoisotopic (exact) mass is 908 g/mol. The Bertz CT molecular complexity index is 4260. The molecule has 0 N–H and O–H groups in total. The van der Waals surface area contributed by atoms with E-state index in [-0.39, 0.29) is 0 Å². The van der Waals surface area contributed by atoms with E-state index in [1.54, 1.807) is 0 Å². The van der Waals surface area contributed by atoms with Crippen molar-refractivity contribution >= 4 is 94.4 Å². The van der Waals surface area contributed by atoms with Crippen LogP contribution in [0.4, 0.5) is 0 Å². The second kappa shape index (κ2) is 16.1. The molecule has 14 rings (SSSR count). The maximum atomic E-state index is 6.71. The highest BCUT2D eigenvalue weighted by molar-refractivity contribution is 7.20. The molecule has 0 radical (unpaired) electrons. The molecule has 0 saturated carbocycles. The summed E-state index contributed by atoms with van der Waals surface area (Å²) in [7, 11) is -2.92. The fourth-order valence-corrected chi connectivity index (χ4v) is 16.5. The van der Waals surface area contributed by atoms with Gasteiger partial charge in [0, 0.05) is 43.6 Å². The Morgan fingerprint density at radius 2 is 0.829 bits per heavy atom. The summed E-state index contributed by atoms with van der Waals surface area (Å²) in [5.41, 5.74) is 13.4. The normalized spacial score (nSPS) is 12.0. The number of hydrogen-bond acceptors (Lipinski definition) is 1. The van der Waals surface area contributed by atoms with Gasteiger partial charge in [-0.05, 0) is 86.0 Å². The lowest BCUT2D eigenvalue weighted by atomic mass is 9.99. The lowest BCUT2D eigenvalue weighted by molar-refractivity contribution is 0.666. The topological polar surface area (TPSA) is 23.0 Å². The Hall–Kier alpha value is -8.96. The van der Waals surface area contributed by atoms with Crippen molar-refractivity contribution in [2.75, 3.05) is 0 Å². The highest BCUT2D eigenvalue weighted by Crippen LogP contribution is 2.43. The summed E-state index contributed by atoms with van der Waals surface area (Å²) in [5, 5.41) is 12.4. The van der Waals surface area contributed by atoms with Gasteiger partial charge >= 0.3 is 0 Å². The fourth-order valence-electron chi connectivity index (χ4n) is 11.6. The van der Waals surface area contributed by atoms with Crippen LogP contribution in [0.25, 0.3) is 99.2 Å². The van der Waals surface area contributed by atoms with E-state index in [4.69, 9.17) is 4.42 Å². The summed E-state index contributed by atoms with van der Waals surface area (Å²) in [6.45, 7) is 0. The quantitative estimate of drug-likeness (QED) is 0.110. The van der Waals surface area contributed by atoms with Crippen molar-refractivity contribution in [3.63, 3.8) is 0 Å². The molecule has 3 aromatic heterocycles. The largest absolute Gasteiger partial charge is 0.454 e. The zero-order valence-electron chi connectivity index (χ0n) is 38.2. The van der Waals surface area contributed by atoms with Gasteiger partial charge in [-0.1, -0.05) is 218 Å². The first kappa shape index (κ1) is 40.1. The van der Waals surface area contributed by atoms with E-state index in [0.717, 1.165) is 49.9 Å². The van der Waals surface area contributed by atoms with E-state index in [1.165, 1.54) is 70.0 Å². The fraction of sp³-hybridized carbons (Fsp3) is 0. The summed E-state index contributed by atoms with van der Waals surface area (Å²) in [6.07, 6.45) is 0. The number of aromatic nitrogens is 2. The van der Waals surface area contributed by atoms with Crippen molar-refractivity contribution in [2.24, 2.45) is 0 Å². The van der Waals surface area contributed by atoms with Gasteiger partial charge in [0.2, 0.25) is 0 Å². The summed E-state index contributed by atoms with van der Waals surface area (Å²) in [5.74, 6) is 0. The van der Waals surface area contributed by atoms with Crippen LogP contribution in [0.2, 0.25) is 0 Å². The molecule has 14 aromatic rings. The van der Waals surface area contributed by atoms with Gasteiger partial charge in [-0.2, -0.15) is 0 Å². The van der Waals surface area contributed by atoms with E-state index >= 15 is 0 Å². The number of para-hydroxylation sites is 5. The van der Waals surface area contributed by atoms with Crippen molar-refractivity contribution < 1.29 is 4.42 Å². The number of benzene rings is 11. The molecule has 328 valence electrons. The third-order valence-electron chi connectivity index (χ3n) is 14.7. The molecule has 0 aliphatic heterocycles. The predicted molar refractivity (Wildman–Crippen MR) is 297 cm³/mol. The van der Waals surface area contributed by atoms with E-state index in [2.05, 4.69) is 270 Å². The molecule has 3 nitrogen and oxygen atoms in total. The van der Waals surface area contributed by atoms with Crippen LogP contribution in [0.5, 0.6) is 0 Å². The van der Waals surface area contributed by atoms with Gasteiger partial charge < -0.3 is 13.6 Å². The van der Waals surface area contributed by atoms with E-state index in [1.807, 2.05) is 6.07 Å². The second-order valence-corrected chi connectivity index (χ2v) is 22.2. The summed E-state index contributed by atoms with van der Waals surface area (Å²) in [4.78, 5) is 0. The first-order valence-electron chi connectivity index (χ1n) is 24.1. The molecule has 0 atom stereocenters. The number of hydrogen-bond donors (Lipinski definition) is 0. The Morgan fingerprint density at radius 3 is 1.59 bits per heavy atom. The number of nitrogens with zero attached hydrogens (tertiary/aromatic N) is 2. The molecule has 4 heteroatoms. The Balaban J connectivity index is 0.988. The Kier molecular flexibility index (Phi) is 9.23. The van der Waals surface area contributed by atoms with Crippen LogP contribution in [0.3, 0.4) is 0 Å². The van der Waals surface area contributed by atoms with Crippen molar-refractivity contribution in [3.05, 3.63) is 267 Å². The Labute approximate surface area is 406 Å². The van der Waals surface area contributed by atoms with Gasteiger partial charge in [-0.25, -0.2) is 0 Å². The van der Waals surface area contributed by atoms with Gasteiger partial charge in [0.15, 0.2) is 13.7 Å². The van der Waals surface area contributed by atoms with Gasteiger partial charge in [0.05, 0.1) is 27.8 Å². The zero-order valence-corrected chi connectivity index (χ0v) is 39.2. The number of rotatable bonds is 8. The maximum Gasteiger partial charge on any atom is 0.179 e. The molecule has 0 amide bonds. The molecule has 11 aromatic carbocycles. The molecule has 0 spiro atoms. The molecule has 3 heterocycles. The highest BCUT2D eigenvalue weighted by Gasteiger charge is 2.42. The minimum atomic E-state index is -2.92. The van der Waals surface area contributed by atoms with E-state index in [9.17, 15) is 0 Å². The molecule has 0 aliphatic carbocycles. The second-order valence-electron chi connectivity index (χ2n) is 18.4. The smallest absolute Gasteiger partial charge is 0.179 e. The molecule has 0 fully saturated rings. The van der Waals surface area contributed by atoms with Crippen LogP contribution in [0, 0.1) is 0 Å².